The molecule has 0 saturated carbocycles. The summed E-state index contributed by atoms with van der Waals surface area (Å²) in [5.41, 5.74) is 0. The van der Waals surface area contributed by atoms with E-state index in [1.165, 1.54) is 6.55 Å². The summed E-state index contributed by atoms with van der Waals surface area (Å²) in [7, 11) is -3.17. The molecule has 0 aromatic heterocycles. The first-order valence-electron chi connectivity index (χ1n) is 1.07. The SMILES string of the molecule is C.C[Si](F)(Cl)Cl. The number of hydrogen-bond acceptors (Lipinski definition) is 0. The molecule has 0 spiro atoms. The minimum Gasteiger partial charge on any atom is -0.272 e. The van der Waals surface area contributed by atoms with Gasteiger partial charge in [-0.25, -0.2) is 0 Å². The highest BCUT2D eigenvalue weighted by Crippen LogP contribution is 2.13. The van der Waals surface area contributed by atoms with Gasteiger partial charge in [-0.15, -0.1) is 22.2 Å². The lowest BCUT2D eigenvalue weighted by molar-refractivity contribution is 0.856. The van der Waals surface area contributed by atoms with Crippen molar-refractivity contribution < 1.29 is 4.11 Å². The number of hydrogen-bond donors (Lipinski definition) is 0. The summed E-state index contributed by atoms with van der Waals surface area (Å²) in [6, 6.07) is 0. The second kappa shape index (κ2) is 2.83. The maximum absolute atomic E-state index is 11.4. The van der Waals surface area contributed by atoms with E-state index in [-0.39, 0.29) is 7.43 Å². The van der Waals surface area contributed by atoms with Crippen molar-refractivity contribution in [1.29, 1.82) is 0 Å². The highest BCUT2D eigenvalue weighted by Gasteiger charge is 2.17. The van der Waals surface area contributed by atoms with E-state index in [9.17, 15) is 4.11 Å². The largest absolute Gasteiger partial charge is 0.430 e. The van der Waals surface area contributed by atoms with Crippen LogP contribution in [0.1, 0.15) is 7.43 Å². The molecule has 0 aromatic rings. The molecule has 0 aliphatic heterocycles. The maximum Gasteiger partial charge on any atom is 0.430 e. The summed E-state index contributed by atoms with van der Waals surface area (Å²) in [4.78, 5) is 0. The third kappa shape index (κ3) is 124. The molecule has 0 fully saturated rings. The molecule has 0 atom stereocenters. The summed E-state index contributed by atoms with van der Waals surface area (Å²) in [6.45, 7) is 1.19. The zero-order valence-corrected chi connectivity index (χ0v) is 5.15. The van der Waals surface area contributed by atoms with Gasteiger partial charge in [-0.1, -0.05) is 7.43 Å². The summed E-state index contributed by atoms with van der Waals surface area (Å²) in [6.07, 6.45) is 0. The molecule has 0 rings (SSSR count). The molecule has 0 N–H and O–H groups in total. The van der Waals surface area contributed by atoms with Gasteiger partial charge in [0.1, 0.15) is 0 Å². The molecule has 0 radical (unpaired) electrons. The Bertz CT molecular complexity index is 27.0. The molecule has 0 aliphatic carbocycles. The minimum atomic E-state index is -3.17. The van der Waals surface area contributed by atoms with Crippen molar-refractivity contribution in [1.82, 2.24) is 0 Å². The molecule has 0 amide bonds. The number of halogens is 3. The van der Waals surface area contributed by atoms with E-state index in [1.807, 2.05) is 0 Å². The van der Waals surface area contributed by atoms with Crippen molar-refractivity contribution in [2.75, 3.05) is 0 Å². The standard InChI is InChI=1S/CH3Cl2FSi.CH4/c1-5(2,3)4;/h1H3;1H4. The summed E-state index contributed by atoms with van der Waals surface area (Å²) < 4.78 is 11.4. The van der Waals surface area contributed by atoms with Crippen molar-refractivity contribution in [2.45, 2.75) is 14.0 Å². The van der Waals surface area contributed by atoms with Gasteiger partial charge >= 0.3 is 7.03 Å². The van der Waals surface area contributed by atoms with Crippen molar-refractivity contribution in [2.24, 2.45) is 0 Å². The van der Waals surface area contributed by atoms with Crippen LogP contribution in [0.4, 0.5) is 4.11 Å². The van der Waals surface area contributed by atoms with Crippen molar-refractivity contribution in [3.05, 3.63) is 0 Å². The van der Waals surface area contributed by atoms with E-state index < -0.39 is 7.03 Å². The van der Waals surface area contributed by atoms with Crippen LogP contribution in [0.5, 0.6) is 0 Å². The van der Waals surface area contributed by atoms with Crippen LogP contribution in [0.25, 0.3) is 0 Å². The van der Waals surface area contributed by atoms with Crippen molar-refractivity contribution in [3.63, 3.8) is 0 Å². The van der Waals surface area contributed by atoms with Gasteiger partial charge in [-0.3, -0.25) is 4.11 Å². The molecule has 0 bridgehead atoms. The smallest absolute Gasteiger partial charge is 0.272 e. The van der Waals surface area contributed by atoms with Crippen LogP contribution < -0.4 is 0 Å². The third-order valence-electron chi connectivity index (χ3n) is 0. The van der Waals surface area contributed by atoms with Crippen LogP contribution in [-0.2, 0) is 0 Å². The van der Waals surface area contributed by atoms with E-state index in [4.69, 9.17) is 22.2 Å². The number of rotatable bonds is 0. The fourth-order valence-electron chi connectivity index (χ4n) is 0. The predicted molar refractivity (Wildman–Crippen MR) is 31.2 cm³/mol. The van der Waals surface area contributed by atoms with Gasteiger partial charge < -0.3 is 0 Å². The van der Waals surface area contributed by atoms with Gasteiger partial charge in [0.05, 0.1) is 0 Å². The van der Waals surface area contributed by atoms with Gasteiger partial charge in [0.2, 0.25) is 0 Å². The van der Waals surface area contributed by atoms with E-state index in [0.717, 1.165) is 0 Å². The Kier molecular flexibility index (Phi) is 4.65. The second-order valence-electron chi connectivity index (χ2n) is 0.781. The van der Waals surface area contributed by atoms with E-state index in [1.54, 1.807) is 0 Å². The lowest BCUT2D eigenvalue weighted by Gasteiger charge is -1.87. The second-order valence-corrected chi connectivity index (χ2v) is 7.18. The lowest BCUT2D eigenvalue weighted by atomic mass is 11.9. The zero-order chi connectivity index (χ0) is 4.50. The van der Waals surface area contributed by atoms with Gasteiger partial charge in [0, 0.05) is 0 Å². The summed E-state index contributed by atoms with van der Waals surface area (Å²) >= 11 is 9.54. The zero-order valence-electron chi connectivity index (χ0n) is 2.63. The molecule has 4 heteroatoms. The monoisotopic (exact) mass is 148 g/mol. The molecular weight excluding hydrogens is 142 g/mol. The normalized spacial score (nSPS) is 10.0. The Hall–Kier alpha value is 0.727. The Balaban J connectivity index is 0. The highest BCUT2D eigenvalue weighted by molar-refractivity contribution is 7.41. The first-order valence-corrected chi connectivity index (χ1v) is 5.47. The fourth-order valence-corrected chi connectivity index (χ4v) is 0. The minimum absolute atomic E-state index is 0. The quantitative estimate of drug-likeness (QED) is 0.367. The van der Waals surface area contributed by atoms with Crippen molar-refractivity contribution in [3.8, 4) is 0 Å². The topological polar surface area (TPSA) is 0 Å². The van der Waals surface area contributed by atoms with E-state index >= 15 is 0 Å². The van der Waals surface area contributed by atoms with Crippen LogP contribution in [0.3, 0.4) is 0 Å². The lowest BCUT2D eigenvalue weighted by Crippen LogP contribution is -1.99. The van der Waals surface area contributed by atoms with Gasteiger partial charge in [0.25, 0.3) is 0 Å². The molecule has 0 unspecified atom stereocenters. The molecule has 0 aliphatic rings. The van der Waals surface area contributed by atoms with Gasteiger partial charge in [-0.2, -0.15) is 0 Å². The highest BCUT2D eigenvalue weighted by atomic mass is 35.7. The summed E-state index contributed by atoms with van der Waals surface area (Å²) in [5.74, 6) is 0. The molecule has 0 nitrogen and oxygen atoms in total. The Labute approximate surface area is 47.8 Å². The van der Waals surface area contributed by atoms with Crippen LogP contribution in [0, 0.1) is 0 Å². The van der Waals surface area contributed by atoms with Crippen molar-refractivity contribution >= 4 is 29.2 Å². The molecule has 0 saturated heterocycles. The van der Waals surface area contributed by atoms with Gasteiger partial charge in [0.15, 0.2) is 0 Å². The first kappa shape index (κ1) is 9.87. The predicted octanol–water partition coefficient (Wildman–Crippen LogP) is 2.64. The molecule has 40 valence electrons. The average molecular weight is 149 g/mol. The maximum atomic E-state index is 11.4. The summed E-state index contributed by atoms with van der Waals surface area (Å²) in [5, 5.41) is 0. The van der Waals surface area contributed by atoms with E-state index in [2.05, 4.69) is 0 Å². The third-order valence-corrected chi connectivity index (χ3v) is 0. The Morgan fingerprint density at radius 1 is 1.50 bits per heavy atom. The molecule has 0 heterocycles. The molecule has 6 heavy (non-hydrogen) atoms. The average Bonchev–Trinajstić information content (AvgIpc) is 0.722. The molecular formula is C2H7Cl2FSi. The Morgan fingerprint density at radius 3 is 1.50 bits per heavy atom. The fraction of sp³-hybridized carbons (Fsp3) is 1.00. The Morgan fingerprint density at radius 2 is 1.50 bits per heavy atom. The van der Waals surface area contributed by atoms with Crippen LogP contribution >= 0.6 is 22.2 Å². The van der Waals surface area contributed by atoms with Gasteiger partial charge in [-0.05, 0) is 6.55 Å². The van der Waals surface area contributed by atoms with Crippen LogP contribution in [0.15, 0.2) is 0 Å². The van der Waals surface area contributed by atoms with Crippen LogP contribution in [-0.4, -0.2) is 7.03 Å². The van der Waals surface area contributed by atoms with E-state index in [0.29, 0.717) is 0 Å². The first-order chi connectivity index (χ1) is 2.00. The molecule has 0 aromatic carbocycles. The van der Waals surface area contributed by atoms with Crippen LogP contribution in [0.2, 0.25) is 6.55 Å².